The van der Waals surface area contributed by atoms with Crippen LogP contribution in [0.5, 0.6) is 5.88 Å². The second-order valence-corrected chi connectivity index (χ2v) is 11.3. The van der Waals surface area contributed by atoms with Gasteiger partial charge in [0.1, 0.15) is 40.0 Å². The molecule has 4 rings (SSSR count). The Morgan fingerprint density at radius 3 is 2.62 bits per heavy atom. The number of rotatable bonds is 5. The molecule has 0 bridgehead atoms. The van der Waals surface area contributed by atoms with Crippen molar-refractivity contribution in [3.05, 3.63) is 48.0 Å². The first-order valence-corrected chi connectivity index (χ1v) is 12.0. The summed E-state index contributed by atoms with van der Waals surface area (Å²) >= 11 is 0. The van der Waals surface area contributed by atoms with Crippen LogP contribution in [-0.2, 0) is 15.3 Å². The summed E-state index contributed by atoms with van der Waals surface area (Å²) < 4.78 is 56.6. The molecule has 0 fully saturated rings. The van der Waals surface area contributed by atoms with Crippen molar-refractivity contribution < 1.29 is 22.2 Å². The molecule has 34 heavy (non-hydrogen) atoms. The molecule has 1 aromatic carbocycles. The third-order valence-corrected chi connectivity index (χ3v) is 9.32. The number of hydrogen-bond acceptors (Lipinski definition) is 9. The van der Waals surface area contributed by atoms with Gasteiger partial charge in [-0.3, -0.25) is 4.99 Å². The summed E-state index contributed by atoms with van der Waals surface area (Å²) in [7, 11) is -0.190. The van der Waals surface area contributed by atoms with E-state index in [2.05, 4.69) is 24.5 Å². The molecule has 180 valence electrons. The number of nitrogens with zero attached hydrogens (tertiary/aromatic N) is 5. The van der Waals surface area contributed by atoms with Crippen molar-refractivity contribution in [3.8, 4) is 28.6 Å². The molecule has 2 atom stereocenters. The molecule has 3 aromatic rings. The molecule has 0 saturated heterocycles. The summed E-state index contributed by atoms with van der Waals surface area (Å²) in [5.41, 5.74) is 5.48. The average Bonchev–Trinajstić information content (AvgIpc) is 3.33. The minimum atomic E-state index is -3.05. The highest BCUT2D eigenvalue weighted by molar-refractivity contribution is 7.95. The Labute approximate surface area is 195 Å². The molecule has 0 spiro atoms. The van der Waals surface area contributed by atoms with E-state index >= 15 is 4.39 Å². The number of aromatic nitrogens is 3. The second kappa shape index (κ2) is 8.42. The number of aliphatic imine (C=N–C) groups is 1. The van der Waals surface area contributed by atoms with Crippen molar-refractivity contribution in [2.75, 3.05) is 26.6 Å². The van der Waals surface area contributed by atoms with Crippen LogP contribution < -0.4 is 10.5 Å². The summed E-state index contributed by atoms with van der Waals surface area (Å²) in [6, 6.07) is 5.65. The summed E-state index contributed by atoms with van der Waals surface area (Å²) in [4.78, 5) is 12.6. The Morgan fingerprint density at radius 2 is 2.00 bits per heavy atom. The Balaban J connectivity index is 1.79. The van der Waals surface area contributed by atoms with Gasteiger partial charge in [-0.05, 0) is 32.0 Å². The number of hydrogen-bond donors (Lipinski definition) is 1. The molecule has 0 radical (unpaired) electrons. The first-order chi connectivity index (χ1) is 16.1. The Kier molecular flexibility index (Phi) is 5.88. The van der Waals surface area contributed by atoms with Crippen molar-refractivity contribution >= 4 is 15.6 Å². The van der Waals surface area contributed by atoms with Crippen molar-refractivity contribution in [3.63, 3.8) is 0 Å². The van der Waals surface area contributed by atoms with Crippen LogP contribution in [-0.4, -0.2) is 56.5 Å². The fourth-order valence-corrected chi connectivity index (χ4v) is 6.02. The summed E-state index contributed by atoms with van der Waals surface area (Å²) in [5.74, 6) is -0.438. The van der Waals surface area contributed by atoms with E-state index in [0.29, 0.717) is 22.8 Å². The lowest BCUT2D eigenvalue weighted by molar-refractivity contribution is 0.326. The molecule has 12 heteroatoms. The van der Waals surface area contributed by atoms with Gasteiger partial charge in [0, 0.05) is 24.2 Å². The summed E-state index contributed by atoms with van der Waals surface area (Å²) in [5, 5.41) is 3.99. The van der Waals surface area contributed by atoms with Gasteiger partial charge in [-0.2, -0.15) is 0 Å². The minimum absolute atomic E-state index is 0.0446. The topological polar surface area (TPSA) is 129 Å². The highest BCUT2D eigenvalue weighted by Gasteiger charge is 2.50. The van der Waals surface area contributed by atoms with Crippen LogP contribution in [0.3, 0.4) is 0 Å². The molecule has 0 saturated carbocycles. The number of methoxy groups -OCH3 is 1. The van der Waals surface area contributed by atoms with Gasteiger partial charge in [-0.15, -0.1) is 0 Å². The predicted octanol–water partition coefficient (Wildman–Crippen LogP) is 3.36. The molecule has 2 aromatic heterocycles. The van der Waals surface area contributed by atoms with Gasteiger partial charge in [-0.25, -0.2) is 27.3 Å². The van der Waals surface area contributed by atoms with Crippen LogP contribution >= 0.6 is 0 Å². The van der Waals surface area contributed by atoms with Gasteiger partial charge < -0.3 is 15.0 Å². The number of nitrogens with two attached hydrogens (primary N) is 1. The zero-order valence-corrected chi connectivity index (χ0v) is 19.9. The maximum atomic E-state index is 15.0. The Hall–Kier alpha value is -3.41. The largest absolute Gasteiger partial charge is 0.480 e. The fraction of sp³-hybridized carbons (Fsp3) is 0.364. The first-order valence-electron chi connectivity index (χ1n) is 10.3. The normalized spacial score (nSPS) is 23.9. The van der Waals surface area contributed by atoms with Gasteiger partial charge in [-0.1, -0.05) is 5.16 Å². The number of ether oxygens (including phenoxy) is 1. The van der Waals surface area contributed by atoms with Gasteiger partial charge in [0.15, 0.2) is 5.76 Å². The molecule has 9 nitrogen and oxygen atoms in total. The molecule has 1 aliphatic rings. The van der Waals surface area contributed by atoms with Crippen molar-refractivity contribution in [2.24, 2.45) is 15.1 Å². The van der Waals surface area contributed by atoms with Crippen LogP contribution in [0.25, 0.3) is 22.7 Å². The zero-order valence-electron chi connectivity index (χ0n) is 19.1. The SMILES string of the molecule is CN=[S@]1(=O)C[C@](CF)(c2cc(-c3cc(-c4cnc(OC)cn4)no3)ccc2F)N=C(N)C1(C)C. The quantitative estimate of drug-likeness (QED) is 0.581. The Morgan fingerprint density at radius 1 is 1.24 bits per heavy atom. The number of alkyl halides is 1. The highest BCUT2D eigenvalue weighted by atomic mass is 32.2. The van der Waals surface area contributed by atoms with Crippen LogP contribution in [0.1, 0.15) is 19.4 Å². The van der Waals surface area contributed by atoms with E-state index in [1.54, 1.807) is 19.9 Å². The van der Waals surface area contributed by atoms with Crippen LogP contribution in [0, 0.1) is 5.82 Å². The van der Waals surface area contributed by atoms with E-state index in [1.807, 2.05) is 0 Å². The number of halogens is 2. The van der Waals surface area contributed by atoms with E-state index in [4.69, 9.17) is 15.0 Å². The van der Waals surface area contributed by atoms with Gasteiger partial charge in [0.25, 0.3) is 0 Å². The maximum absolute atomic E-state index is 15.0. The molecular formula is C22H24F2N6O3S. The molecule has 2 N–H and O–H groups in total. The standard InChI is InChI=1S/C22H24F2N6O3S/c1-21(2)20(25)29-22(11-23,12-34(21,31)26-3)14-7-13(5-6-15(14)24)18-8-16(30-33-18)17-9-28-19(32-4)10-27-17/h5-10H,11-12H2,1-4H3,(H2,25,29)/t22-,34+/m1/s1. The molecule has 0 amide bonds. The van der Waals surface area contributed by atoms with Crippen molar-refractivity contribution in [2.45, 2.75) is 24.1 Å². The lowest BCUT2D eigenvalue weighted by Gasteiger charge is -2.41. The van der Waals surface area contributed by atoms with Gasteiger partial charge in [0.05, 0.1) is 35.0 Å². The molecule has 0 unspecified atom stereocenters. The van der Waals surface area contributed by atoms with Crippen LogP contribution in [0.2, 0.25) is 0 Å². The molecule has 1 aliphatic heterocycles. The third-order valence-electron chi connectivity index (χ3n) is 6.06. The summed E-state index contributed by atoms with van der Waals surface area (Å²) in [6.07, 6.45) is 2.91. The minimum Gasteiger partial charge on any atom is -0.480 e. The van der Waals surface area contributed by atoms with Crippen LogP contribution in [0.15, 0.2) is 50.5 Å². The van der Waals surface area contributed by atoms with E-state index in [1.165, 1.54) is 44.8 Å². The summed E-state index contributed by atoms with van der Waals surface area (Å²) in [6.45, 7) is 2.15. The lowest BCUT2D eigenvalue weighted by Crippen LogP contribution is -2.56. The van der Waals surface area contributed by atoms with Crippen LogP contribution in [0.4, 0.5) is 8.78 Å². The second-order valence-electron chi connectivity index (χ2n) is 8.35. The maximum Gasteiger partial charge on any atom is 0.232 e. The van der Waals surface area contributed by atoms with E-state index in [0.717, 1.165) is 0 Å². The predicted molar refractivity (Wildman–Crippen MR) is 124 cm³/mol. The third kappa shape index (κ3) is 3.71. The van der Waals surface area contributed by atoms with E-state index in [-0.39, 0.29) is 22.9 Å². The number of amidine groups is 1. The van der Waals surface area contributed by atoms with Gasteiger partial charge in [0.2, 0.25) is 5.88 Å². The average molecular weight is 491 g/mol. The smallest absolute Gasteiger partial charge is 0.232 e. The molecule has 0 aliphatic carbocycles. The lowest BCUT2D eigenvalue weighted by atomic mass is 9.90. The van der Waals surface area contributed by atoms with E-state index in [9.17, 15) is 8.60 Å². The fourth-order valence-electron chi connectivity index (χ4n) is 3.76. The van der Waals surface area contributed by atoms with Gasteiger partial charge >= 0.3 is 0 Å². The molecular weight excluding hydrogens is 466 g/mol. The first kappa shape index (κ1) is 23.7. The molecule has 3 heterocycles. The monoisotopic (exact) mass is 490 g/mol. The number of benzene rings is 1. The highest BCUT2D eigenvalue weighted by Crippen LogP contribution is 2.41. The Bertz CT molecular complexity index is 1380. The zero-order chi connectivity index (χ0) is 24.7. The van der Waals surface area contributed by atoms with E-state index < -0.39 is 32.5 Å². The van der Waals surface area contributed by atoms with Crippen molar-refractivity contribution in [1.82, 2.24) is 15.1 Å². The van der Waals surface area contributed by atoms with Crippen molar-refractivity contribution in [1.29, 1.82) is 0 Å².